The first-order valence-corrected chi connectivity index (χ1v) is 7.13. The molecule has 0 bridgehead atoms. The van der Waals surface area contributed by atoms with Gasteiger partial charge in [0, 0.05) is 6.54 Å². The topological polar surface area (TPSA) is 72.7 Å². The van der Waals surface area contributed by atoms with Crippen LogP contribution in [0, 0.1) is 6.92 Å². The van der Waals surface area contributed by atoms with Crippen LogP contribution in [0.2, 0.25) is 0 Å². The number of hydrogen-bond acceptors (Lipinski definition) is 4. The summed E-state index contributed by atoms with van der Waals surface area (Å²) in [5.74, 6) is 0.106. The number of hydrogen-bond donors (Lipinski definition) is 1. The van der Waals surface area contributed by atoms with Crippen LogP contribution in [-0.2, 0) is 6.54 Å². The highest BCUT2D eigenvalue weighted by molar-refractivity contribution is 9.11. The summed E-state index contributed by atoms with van der Waals surface area (Å²) in [6, 6.07) is 1.74. The quantitative estimate of drug-likeness (QED) is 0.877. The Morgan fingerprint density at radius 1 is 1.47 bits per heavy atom. The molecule has 0 fully saturated rings. The fourth-order valence-corrected chi connectivity index (χ4v) is 2.48. The normalized spacial score (nSPS) is 10.5. The van der Waals surface area contributed by atoms with Gasteiger partial charge in [-0.2, -0.15) is 5.10 Å². The number of nitrogens with zero attached hydrogens (tertiary/aromatic N) is 4. The van der Waals surface area contributed by atoms with E-state index in [1.165, 1.54) is 6.20 Å². The van der Waals surface area contributed by atoms with Crippen LogP contribution in [0.25, 0.3) is 0 Å². The van der Waals surface area contributed by atoms with Crippen LogP contribution < -0.4 is 5.32 Å². The van der Waals surface area contributed by atoms with E-state index in [1.807, 2.05) is 13.8 Å². The maximum absolute atomic E-state index is 12.2. The monoisotopic (exact) mass is 387 g/mol. The van der Waals surface area contributed by atoms with Gasteiger partial charge in [-0.05, 0) is 51.8 Å². The minimum absolute atomic E-state index is 0.264. The molecule has 0 aromatic carbocycles. The Labute approximate surface area is 126 Å². The lowest BCUT2D eigenvalue weighted by Gasteiger charge is -2.07. The molecular formula is C11H11Br2N5O. The van der Waals surface area contributed by atoms with Crippen molar-refractivity contribution in [3.63, 3.8) is 0 Å². The Morgan fingerprint density at radius 3 is 2.84 bits per heavy atom. The van der Waals surface area contributed by atoms with Gasteiger partial charge in [0.05, 0.1) is 11.9 Å². The minimum atomic E-state index is -0.264. The number of aromatic nitrogens is 4. The number of amides is 1. The molecule has 0 unspecified atom stereocenters. The molecule has 2 aromatic rings. The van der Waals surface area contributed by atoms with Crippen molar-refractivity contribution in [2.45, 2.75) is 20.4 Å². The second-order valence-electron chi connectivity index (χ2n) is 3.77. The highest BCUT2D eigenvalue weighted by atomic mass is 79.9. The Kier molecular flexibility index (Phi) is 4.31. The van der Waals surface area contributed by atoms with E-state index in [0.717, 1.165) is 5.69 Å². The van der Waals surface area contributed by atoms with Gasteiger partial charge in [-0.1, -0.05) is 0 Å². The zero-order valence-corrected chi connectivity index (χ0v) is 13.5. The third-order valence-electron chi connectivity index (χ3n) is 2.37. The zero-order valence-electron chi connectivity index (χ0n) is 10.3. The summed E-state index contributed by atoms with van der Waals surface area (Å²) in [4.78, 5) is 20.4. The van der Waals surface area contributed by atoms with Gasteiger partial charge in [0.1, 0.15) is 14.9 Å². The number of anilines is 1. The van der Waals surface area contributed by atoms with E-state index in [0.29, 0.717) is 27.3 Å². The van der Waals surface area contributed by atoms with Gasteiger partial charge in [0.25, 0.3) is 5.91 Å². The average Bonchev–Trinajstić information content (AvgIpc) is 2.74. The van der Waals surface area contributed by atoms with Crippen molar-refractivity contribution in [1.82, 2.24) is 19.7 Å². The van der Waals surface area contributed by atoms with E-state index >= 15 is 0 Å². The summed E-state index contributed by atoms with van der Waals surface area (Å²) in [5, 5.41) is 6.93. The molecule has 0 aliphatic rings. The van der Waals surface area contributed by atoms with Crippen LogP contribution >= 0.6 is 31.9 Å². The number of rotatable bonds is 3. The van der Waals surface area contributed by atoms with Gasteiger partial charge < -0.3 is 5.32 Å². The predicted octanol–water partition coefficient (Wildman–Crippen LogP) is 2.78. The standard InChI is InChI=1S/C11H11Br2N5O/c1-3-18-7(4-6(2)17-18)11(19)16-10-9(13)15-8(12)5-14-10/h4-5H,3H2,1-2H3,(H,14,16,19). The molecule has 2 aromatic heterocycles. The van der Waals surface area contributed by atoms with Crippen molar-refractivity contribution in [3.8, 4) is 0 Å². The predicted molar refractivity (Wildman–Crippen MR) is 78.0 cm³/mol. The molecule has 0 saturated carbocycles. The van der Waals surface area contributed by atoms with Crippen molar-refractivity contribution in [2.75, 3.05) is 5.32 Å². The summed E-state index contributed by atoms with van der Waals surface area (Å²) in [7, 11) is 0. The molecule has 0 saturated heterocycles. The van der Waals surface area contributed by atoms with E-state index in [1.54, 1.807) is 10.7 Å². The van der Waals surface area contributed by atoms with Gasteiger partial charge in [0.15, 0.2) is 5.82 Å². The van der Waals surface area contributed by atoms with E-state index in [2.05, 4.69) is 52.2 Å². The summed E-state index contributed by atoms with van der Waals surface area (Å²) in [6.07, 6.45) is 1.52. The number of nitrogens with one attached hydrogen (secondary N) is 1. The Hall–Kier alpha value is -1.28. The molecule has 2 rings (SSSR count). The number of halogens is 2. The fraction of sp³-hybridized carbons (Fsp3) is 0.273. The smallest absolute Gasteiger partial charge is 0.275 e. The molecule has 1 amide bonds. The van der Waals surface area contributed by atoms with Gasteiger partial charge in [0.2, 0.25) is 0 Å². The highest BCUT2D eigenvalue weighted by Crippen LogP contribution is 2.20. The van der Waals surface area contributed by atoms with Crippen LogP contribution in [0.4, 0.5) is 5.82 Å². The van der Waals surface area contributed by atoms with E-state index < -0.39 is 0 Å². The molecule has 6 nitrogen and oxygen atoms in total. The molecule has 0 aliphatic heterocycles. The molecule has 0 radical (unpaired) electrons. The maximum atomic E-state index is 12.2. The second-order valence-corrected chi connectivity index (χ2v) is 5.34. The summed E-state index contributed by atoms with van der Waals surface area (Å²) in [6.45, 7) is 4.40. The van der Waals surface area contributed by atoms with Crippen molar-refractivity contribution in [1.29, 1.82) is 0 Å². The van der Waals surface area contributed by atoms with Gasteiger partial charge in [-0.15, -0.1) is 0 Å². The SMILES string of the molecule is CCn1nc(C)cc1C(=O)Nc1ncc(Br)nc1Br. The molecule has 1 N–H and O–H groups in total. The largest absolute Gasteiger partial charge is 0.303 e. The first-order valence-electron chi connectivity index (χ1n) is 5.55. The molecule has 0 spiro atoms. The van der Waals surface area contributed by atoms with Crippen molar-refractivity contribution in [2.24, 2.45) is 0 Å². The number of aryl methyl sites for hydroxylation is 2. The van der Waals surface area contributed by atoms with Crippen molar-refractivity contribution in [3.05, 3.63) is 32.9 Å². The van der Waals surface area contributed by atoms with Crippen LogP contribution in [0.3, 0.4) is 0 Å². The van der Waals surface area contributed by atoms with Crippen molar-refractivity contribution >= 4 is 43.6 Å². The van der Waals surface area contributed by atoms with Crippen LogP contribution in [0.1, 0.15) is 23.1 Å². The van der Waals surface area contributed by atoms with Crippen LogP contribution in [0.15, 0.2) is 21.5 Å². The lowest BCUT2D eigenvalue weighted by molar-refractivity contribution is 0.101. The molecule has 19 heavy (non-hydrogen) atoms. The molecule has 2 heterocycles. The van der Waals surface area contributed by atoms with Crippen LogP contribution in [0.5, 0.6) is 0 Å². The van der Waals surface area contributed by atoms with E-state index in [9.17, 15) is 4.79 Å². The number of carbonyl (C=O) groups is 1. The first kappa shape index (κ1) is 14.1. The highest BCUT2D eigenvalue weighted by Gasteiger charge is 2.15. The lowest BCUT2D eigenvalue weighted by Crippen LogP contribution is -2.18. The Morgan fingerprint density at radius 2 is 2.21 bits per heavy atom. The summed E-state index contributed by atoms with van der Waals surface area (Å²) >= 11 is 6.45. The first-order chi connectivity index (χ1) is 9.01. The van der Waals surface area contributed by atoms with Crippen molar-refractivity contribution < 1.29 is 4.79 Å². The molecule has 100 valence electrons. The average molecular weight is 389 g/mol. The summed E-state index contributed by atoms with van der Waals surface area (Å²) < 4.78 is 2.70. The third kappa shape index (κ3) is 3.19. The molecule has 8 heteroatoms. The van der Waals surface area contributed by atoms with Gasteiger partial charge in [-0.25, -0.2) is 9.97 Å². The second kappa shape index (κ2) is 5.79. The minimum Gasteiger partial charge on any atom is -0.303 e. The third-order valence-corrected chi connectivity index (χ3v) is 3.30. The maximum Gasteiger partial charge on any atom is 0.275 e. The van der Waals surface area contributed by atoms with E-state index in [-0.39, 0.29) is 5.91 Å². The van der Waals surface area contributed by atoms with Crippen LogP contribution in [-0.4, -0.2) is 25.7 Å². The van der Waals surface area contributed by atoms with Gasteiger partial charge in [-0.3, -0.25) is 9.48 Å². The zero-order chi connectivity index (χ0) is 14.0. The Bertz CT molecular complexity index is 626. The lowest BCUT2D eigenvalue weighted by atomic mass is 10.3. The Balaban J connectivity index is 2.25. The van der Waals surface area contributed by atoms with E-state index in [4.69, 9.17) is 0 Å². The molecule has 0 aliphatic carbocycles. The fourth-order valence-electron chi connectivity index (χ4n) is 1.57. The number of carbonyl (C=O) groups excluding carboxylic acids is 1. The molecular weight excluding hydrogens is 378 g/mol. The molecule has 0 atom stereocenters. The summed E-state index contributed by atoms with van der Waals surface area (Å²) in [5.41, 5.74) is 1.30. The van der Waals surface area contributed by atoms with Gasteiger partial charge >= 0.3 is 0 Å².